The van der Waals surface area contributed by atoms with Gasteiger partial charge < -0.3 is 9.47 Å². The molecule has 0 bridgehead atoms. The first kappa shape index (κ1) is 19.2. The monoisotopic (exact) mass is 424 g/mol. The van der Waals surface area contributed by atoms with Gasteiger partial charge in [-0.15, -0.1) is 0 Å². The van der Waals surface area contributed by atoms with Crippen LogP contribution in [-0.4, -0.2) is 12.6 Å². The van der Waals surface area contributed by atoms with E-state index in [2.05, 4.69) is 28.1 Å². The van der Waals surface area contributed by atoms with Crippen LogP contribution in [0.5, 0.6) is 11.5 Å². The highest BCUT2D eigenvalue weighted by atomic mass is 79.9. The van der Waals surface area contributed by atoms with E-state index in [1.807, 2.05) is 56.3 Å². The number of aryl methyl sites for hydroxylation is 2. The topological polar surface area (TPSA) is 35.5 Å². The zero-order chi connectivity index (χ0) is 19.2. The van der Waals surface area contributed by atoms with Crippen molar-refractivity contribution in [2.45, 2.75) is 20.3 Å². The van der Waals surface area contributed by atoms with E-state index in [0.29, 0.717) is 23.7 Å². The molecular formula is C23H21BrO3. The first-order valence-corrected chi connectivity index (χ1v) is 9.57. The molecule has 0 aliphatic heterocycles. The summed E-state index contributed by atoms with van der Waals surface area (Å²) in [5.41, 5.74) is 3.68. The smallest absolute Gasteiger partial charge is 0.347 e. The molecule has 0 heterocycles. The summed E-state index contributed by atoms with van der Waals surface area (Å²) in [4.78, 5) is 12.7. The van der Waals surface area contributed by atoms with Gasteiger partial charge in [0.05, 0.1) is 6.61 Å². The molecule has 0 aliphatic carbocycles. The van der Waals surface area contributed by atoms with Gasteiger partial charge in [-0.1, -0.05) is 52.3 Å². The lowest BCUT2D eigenvalue weighted by atomic mass is 10.1. The molecule has 4 heteroatoms. The Morgan fingerprint density at radius 1 is 0.926 bits per heavy atom. The normalized spacial score (nSPS) is 10.5. The molecule has 3 nitrogen and oxygen atoms in total. The lowest BCUT2D eigenvalue weighted by molar-refractivity contribution is 0.0730. The number of carbonyl (C=O) groups excluding carboxylic acids is 1. The van der Waals surface area contributed by atoms with E-state index in [-0.39, 0.29) is 0 Å². The molecule has 0 aliphatic rings. The van der Waals surface area contributed by atoms with Gasteiger partial charge in [0.15, 0.2) is 0 Å². The van der Waals surface area contributed by atoms with Crippen LogP contribution in [0.2, 0.25) is 0 Å². The molecule has 0 fully saturated rings. The van der Waals surface area contributed by atoms with Gasteiger partial charge in [-0.2, -0.15) is 0 Å². The van der Waals surface area contributed by atoms with E-state index in [9.17, 15) is 4.79 Å². The van der Waals surface area contributed by atoms with Gasteiger partial charge in [0.1, 0.15) is 17.1 Å². The van der Waals surface area contributed by atoms with Crippen molar-refractivity contribution in [1.29, 1.82) is 0 Å². The van der Waals surface area contributed by atoms with Crippen LogP contribution in [0.3, 0.4) is 0 Å². The lowest BCUT2D eigenvalue weighted by Gasteiger charge is -2.12. The van der Waals surface area contributed by atoms with Crippen LogP contribution in [0, 0.1) is 13.8 Å². The van der Waals surface area contributed by atoms with Gasteiger partial charge in [0, 0.05) is 10.9 Å². The van der Waals surface area contributed by atoms with Crippen LogP contribution in [0.4, 0.5) is 0 Å². The molecule has 0 radical (unpaired) electrons. The Balaban J connectivity index is 1.73. The number of halogens is 1. The summed E-state index contributed by atoms with van der Waals surface area (Å²) in [5, 5.41) is 0. The number of benzene rings is 3. The minimum Gasteiger partial charge on any atom is -0.492 e. The molecule has 3 aromatic rings. The third-order valence-corrected chi connectivity index (χ3v) is 4.55. The maximum Gasteiger partial charge on any atom is 0.347 e. The number of hydrogen-bond acceptors (Lipinski definition) is 3. The largest absolute Gasteiger partial charge is 0.492 e. The molecule has 3 rings (SSSR count). The van der Waals surface area contributed by atoms with Gasteiger partial charge in [0.2, 0.25) is 0 Å². The zero-order valence-electron chi connectivity index (χ0n) is 15.4. The fraction of sp³-hybridized carbons (Fsp3) is 0.174. The van der Waals surface area contributed by atoms with Gasteiger partial charge >= 0.3 is 5.97 Å². The van der Waals surface area contributed by atoms with E-state index >= 15 is 0 Å². The Morgan fingerprint density at radius 3 is 2.33 bits per heavy atom. The average Bonchev–Trinajstić information content (AvgIpc) is 2.63. The summed E-state index contributed by atoms with van der Waals surface area (Å²) >= 11 is 3.41. The van der Waals surface area contributed by atoms with Crippen LogP contribution < -0.4 is 9.47 Å². The van der Waals surface area contributed by atoms with E-state index in [0.717, 1.165) is 22.0 Å². The minimum atomic E-state index is -0.434. The number of esters is 1. The van der Waals surface area contributed by atoms with Crippen LogP contribution in [-0.2, 0) is 6.42 Å². The predicted octanol–water partition coefficient (Wildman–Crippen LogP) is 5.91. The molecule has 0 unspecified atom stereocenters. The SMILES string of the molecule is Cc1cc(C)cc(OC(=O)c2cc(Br)ccc2OCCc2ccccc2)c1. The molecule has 0 N–H and O–H groups in total. The van der Waals surface area contributed by atoms with Gasteiger partial charge in [-0.25, -0.2) is 4.79 Å². The first-order valence-electron chi connectivity index (χ1n) is 8.78. The number of carbonyl (C=O) groups is 1. The molecule has 0 spiro atoms. The van der Waals surface area contributed by atoms with Crippen LogP contribution in [0.25, 0.3) is 0 Å². The van der Waals surface area contributed by atoms with Crippen molar-refractivity contribution in [3.63, 3.8) is 0 Å². The molecule has 0 saturated heterocycles. The van der Waals surface area contributed by atoms with E-state index in [1.165, 1.54) is 5.56 Å². The maximum absolute atomic E-state index is 12.7. The summed E-state index contributed by atoms with van der Waals surface area (Å²) < 4.78 is 12.3. The highest BCUT2D eigenvalue weighted by Crippen LogP contribution is 2.26. The fourth-order valence-corrected chi connectivity index (χ4v) is 3.23. The molecule has 0 aromatic heterocycles. The van der Waals surface area contributed by atoms with E-state index in [1.54, 1.807) is 12.1 Å². The van der Waals surface area contributed by atoms with Crippen LogP contribution in [0.15, 0.2) is 71.2 Å². The molecular weight excluding hydrogens is 404 g/mol. The van der Waals surface area contributed by atoms with Crippen molar-refractivity contribution in [2.75, 3.05) is 6.61 Å². The van der Waals surface area contributed by atoms with Crippen molar-refractivity contribution in [3.05, 3.63) is 93.5 Å². The second kappa shape index (κ2) is 8.87. The van der Waals surface area contributed by atoms with Crippen LogP contribution >= 0.6 is 15.9 Å². The number of ether oxygens (including phenoxy) is 2. The second-order valence-electron chi connectivity index (χ2n) is 6.44. The summed E-state index contributed by atoms with van der Waals surface area (Å²) in [6.07, 6.45) is 0.766. The van der Waals surface area contributed by atoms with Gasteiger partial charge in [-0.3, -0.25) is 0 Å². The number of rotatable bonds is 6. The summed E-state index contributed by atoms with van der Waals surface area (Å²) in [5.74, 6) is 0.618. The van der Waals surface area contributed by atoms with E-state index < -0.39 is 5.97 Å². The third-order valence-electron chi connectivity index (χ3n) is 4.06. The van der Waals surface area contributed by atoms with Crippen molar-refractivity contribution in [2.24, 2.45) is 0 Å². The van der Waals surface area contributed by atoms with Crippen molar-refractivity contribution >= 4 is 21.9 Å². The summed E-state index contributed by atoms with van der Waals surface area (Å²) in [6, 6.07) is 21.2. The Morgan fingerprint density at radius 2 is 1.63 bits per heavy atom. The third kappa shape index (κ3) is 5.44. The molecule has 27 heavy (non-hydrogen) atoms. The summed E-state index contributed by atoms with van der Waals surface area (Å²) in [7, 11) is 0. The predicted molar refractivity (Wildman–Crippen MR) is 111 cm³/mol. The Labute approximate surface area is 168 Å². The van der Waals surface area contributed by atoms with Gasteiger partial charge in [0.25, 0.3) is 0 Å². The Hall–Kier alpha value is -2.59. The first-order chi connectivity index (χ1) is 13.0. The maximum atomic E-state index is 12.7. The fourth-order valence-electron chi connectivity index (χ4n) is 2.86. The molecule has 0 amide bonds. The minimum absolute atomic E-state index is 0.400. The van der Waals surface area contributed by atoms with E-state index in [4.69, 9.17) is 9.47 Å². The quantitative estimate of drug-likeness (QED) is 0.364. The van der Waals surface area contributed by atoms with Gasteiger partial charge in [-0.05, 0) is 60.9 Å². The molecule has 0 atom stereocenters. The second-order valence-corrected chi connectivity index (χ2v) is 7.35. The Kier molecular flexibility index (Phi) is 6.30. The highest BCUT2D eigenvalue weighted by Gasteiger charge is 2.16. The van der Waals surface area contributed by atoms with Crippen molar-refractivity contribution in [1.82, 2.24) is 0 Å². The van der Waals surface area contributed by atoms with Crippen molar-refractivity contribution in [3.8, 4) is 11.5 Å². The van der Waals surface area contributed by atoms with Crippen LogP contribution in [0.1, 0.15) is 27.0 Å². The molecule has 0 saturated carbocycles. The Bertz CT molecular complexity index is 915. The van der Waals surface area contributed by atoms with Crippen molar-refractivity contribution < 1.29 is 14.3 Å². The molecule has 138 valence electrons. The summed E-state index contributed by atoms with van der Waals surface area (Å²) in [6.45, 7) is 4.43. The molecule has 3 aromatic carbocycles. The standard InChI is InChI=1S/C23H21BrO3/c1-16-12-17(2)14-20(13-16)27-23(25)21-15-19(24)8-9-22(21)26-11-10-18-6-4-3-5-7-18/h3-9,12-15H,10-11H2,1-2H3. The highest BCUT2D eigenvalue weighted by molar-refractivity contribution is 9.10. The number of hydrogen-bond donors (Lipinski definition) is 0. The lowest BCUT2D eigenvalue weighted by Crippen LogP contribution is -2.12. The zero-order valence-corrected chi connectivity index (χ0v) is 17.0. The average molecular weight is 425 g/mol.